The Kier molecular flexibility index (Phi) is 8.40. The maximum atomic E-state index is 13.2. The molecular formula is C19H28F3NO3. The van der Waals surface area contributed by atoms with Crippen LogP contribution in [0.4, 0.5) is 18.9 Å². The van der Waals surface area contributed by atoms with Crippen molar-refractivity contribution in [3.63, 3.8) is 0 Å². The van der Waals surface area contributed by atoms with Crippen molar-refractivity contribution in [1.29, 1.82) is 0 Å². The number of benzene rings is 1. The minimum atomic E-state index is -4.57. The zero-order valence-corrected chi connectivity index (χ0v) is 15.8. The van der Waals surface area contributed by atoms with Gasteiger partial charge < -0.3 is 14.8 Å². The molecule has 0 spiro atoms. The van der Waals surface area contributed by atoms with Gasteiger partial charge >= 0.3 is 6.18 Å². The Hall–Kier alpha value is -1.76. The van der Waals surface area contributed by atoms with E-state index in [1.807, 2.05) is 0 Å². The number of anilines is 1. The summed E-state index contributed by atoms with van der Waals surface area (Å²) in [5.74, 6) is -0.707. The maximum Gasteiger partial charge on any atom is 0.420 e. The zero-order valence-electron chi connectivity index (χ0n) is 15.8. The van der Waals surface area contributed by atoms with Crippen molar-refractivity contribution in [3.8, 4) is 5.75 Å². The molecule has 148 valence electrons. The van der Waals surface area contributed by atoms with Crippen molar-refractivity contribution in [1.82, 2.24) is 0 Å². The molecule has 1 amide bonds. The molecule has 1 N–H and O–H groups in total. The lowest BCUT2D eigenvalue weighted by Gasteiger charge is -2.28. The largest absolute Gasteiger partial charge is 0.493 e. The number of halogens is 3. The van der Waals surface area contributed by atoms with E-state index in [1.165, 1.54) is 12.1 Å². The van der Waals surface area contributed by atoms with Crippen LogP contribution < -0.4 is 10.1 Å². The molecule has 26 heavy (non-hydrogen) atoms. The Bertz CT molecular complexity index is 590. The first-order valence-electron chi connectivity index (χ1n) is 8.97. The topological polar surface area (TPSA) is 47.6 Å². The normalized spacial score (nSPS) is 14.0. The Balaban J connectivity index is 3.02. The molecular weight excluding hydrogens is 347 g/mol. The molecule has 0 radical (unpaired) electrons. The molecule has 4 nitrogen and oxygen atoms in total. The molecule has 1 aromatic carbocycles. The molecule has 0 saturated heterocycles. The third kappa shape index (κ3) is 6.20. The third-order valence-corrected chi connectivity index (χ3v) is 4.04. The lowest BCUT2D eigenvalue weighted by atomic mass is 9.96. The number of alkyl halides is 3. The fourth-order valence-corrected chi connectivity index (χ4v) is 2.66. The average Bonchev–Trinajstić information content (AvgIpc) is 2.56. The fraction of sp³-hybridized carbons (Fsp3) is 0.632. The smallest absolute Gasteiger partial charge is 0.420 e. The second-order valence-electron chi connectivity index (χ2n) is 6.22. The summed E-state index contributed by atoms with van der Waals surface area (Å²) in [4.78, 5) is 12.6. The number of nitrogens with one attached hydrogen (secondary N) is 1. The van der Waals surface area contributed by atoms with Crippen molar-refractivity contribution >= 4 is 11.6 Å². The highest BCUT2D eigenvalue weighted by Crippen LogP contribution is 2.38. The predicted octanol–water partition coefficient (Wildman–Crippen LogP) is 5.42. The molecule has 0 fully saturated rings. The molecule has 1 aromatic rings. The van der Waals surface area contributed by atoms with Gasteiger partial charge in [0.15, 0.2) is 0 Å². The van der Waals surface area contributed by atoms with Gasteiger partial charge in [-0.3, -0.25) is 4.79 Å². The van der Waals surface area contributed by atoms with Gasteiger partial charge in [-0.15, -0.1) is 0 Å². The molecule has 7 heteroatoms. The van der Waals surface area contributed by atoms with Gasteiger partial charge in [-0.05, 0) is 45.4 Å². The average molecular weight is 375 g/mol. The predicted molar refractivity (Wildman–Crippen MR) is 95.4 cm³/mol. The molecule has 0 bridgehead atoms. The standard InChI is InChI=1S/C19H28F3NO3/c1-5-8-9-12-18(4,26-7-3)17(24)23-14-10-11-16(25-6-2)15(13-14)19(20,21)22/h10-11,13H,5-9,12H2,1-4H3,(H,23,24)/t18-/m0/s1. The van der Waals surface area contributed by atoms with Crippen LogP contribution in [0.3, 0.4) is 0 Å². The van der Waals surface area contributed by atoms with Crippen LogP contribution in [0.25, 0.3) is 0 Å². The zero-order chi connectivity index (χ0) is 19.8. The summed E-state index contributed by atoms with van der Waals surface area (Å²) >= 11 is 0. The van der Waals surface area contributed by atoms with Gasteiger partial charge in [0.05, 0.1) is 12.2 Å². The summed E-state index contributed by atoms with van der Waals surface area (Å²) in [5.41, 5.74) is -1.94. The van der Waals surface area contributed by atoms with Crippen molar-refractivity contribution in [2.75, 3.05) is 18.5 Å². The SMILES string of the molecule is CCCCC[C@](C)(OCC)C(=O)Nc1ccc(OCC)c(C(F)(F)F)c1. The lowest BCUT2D eigenvalue weighted by molar-refractivity contribution is -0.140. The number of amides is 1. The number of rotatable bonds is 10. The van der Waals surface area contributed by atoms with Crippen molar-refractivity contribution < 1.29 is 27.4 Å². The Morgan fingerprint density at radius 3 is 2.35 bits per heavy atom. The van der Waals surface area contributed by atoms with E-state index in [4.69, 9.17) is 9.47 Å². The van der Waals surface area contributed by atoms with Crippen LogP contribution in [0.15, 0.2) is 18.2 Å². The summed E-state index contributed by atoms with van der Waals surface area (Å²) in [6.45, 7) is 7.57. The molecule has 0 aliphatic rings. The van der Waals surface area contributed by atoms with Crippen LogP contribution >= 0.6 is 0 Å². The van der Waals surface area contributed by atoms with Gasteiger partial charge in [-0.25, -0.2) is 0 Å². The van der Waals surface area contributed by atoms with E-state index in [0.29, 0.717) is 13.0 Å². The molecule has 1 rings (SSSR count). The molecule has 0 aromatic heterocycles. The van der Waals surface area contributed by atoms with Gasteiger partial charge in [0.1, 0.15) is 11.4 Å². The van der Waals surface area contributed by atoms with Gasteiger partial charge in [0.25, 0.3) is 5.91 Å². The Morgan fingerprint density at radius 2 is 1.81 bits per heavy atom. The van der Waals surface area contributed by atoms with Crippen molar-refractivity contribution in [2.24, 2.45) is 0 Å². The Labute approximate surface area is 153 Å². The van der Waals surface area contributed by atoms with E-state index in [2.05, 4.69) is 12.2 Å². The van der Waals surface area contributed by atoms with Crippen LogP contribution in [0.2, 0.25) is 0 Å². The lowest BCUT2D eigenvalue weighted by Crippen LogP contribution is -2.42. The fourth-order valence-electron chi connectivity index (χ4n) is 2.66. The number of hydrogen-bond donors (Lipinski definition) is 1. The monoisotopic (exact) mass is 375 g/mol. The summed E-state index contributed by atoms with van der Waals surface area (Å²) < 4.78 is 50.3. The van der Waals surface area contributed by atoms with Crippen molar-refractivity contribution in [2.45, 2.75) is 65.2 Å². The second kappa shape index (κ2) is 9.80. The van der Waals surface area contributed by atoms with Gasteiger partial charge in [-0.2, -0.15) is 13.2 Å². The van der Waals surface area contributed by atoms with Crippen LogP contribution in [0.5, 0.6) is 5.75 Å². The molecule has 0 saturated carbocycles. The van der Waals surface area contributed by atoms with E-state index in [0.717, 1.165) is 25.3 Å². The quantitative estimate of drug-likeness (QED) is 0.556. The highest BCUT2D eigenvalue weighted by atomic mass is 19.4. The number of carbonyl (C=O) groups excluding carboxylic acids is 1. The van der Waals surface area contributed by atoms with E-state index >= 15 is 0 Å². The number of carbonyl (C=O) groups is 1. The first-order valence-corrected chi connectivity index (χ1v) is 8.97. The molecule has 0 aliphatic heterocycles. The van der Waals surface area contributed by atoms with Crippen LogP contribution in [0, 0.1) is 0 Å². The highest BCUT2D eigenvalue weighted by Gasteiger charge is 2.36. The van der Waals surface area contributed by atoms with Crippen LogP contribution in [0.1, 0.15) is 58.9 Å². The summed E-state index contributed by atoms with van der Waals surface area (Å²) in [7, 11) is 0. The van der Waals surface area contributed by atoms with E-state index < -0.39 is 23.2 Å². The summed E-state index contributed by atoms with van der Waals surface area (Å²) in [5, 5.41) is 2.56. The second-order valence-corrected chi connectivity index (χ2v) is 6.22. The number of hydrogen-bond acceptors (Lipinski definition) is 3. The number of ether oxygens (including phenoxy) is 2. The maximum absolute atomic E-state index is 13.2. The molecule has 1 atom stereocenters. The third-order valence-electron chi connectivity index (χ3n) is 4.04. The van der Waals surface area contributed by atoms with Gasteiger partial charge in [0.2, 0.25) is 0 Å². The first-order chi connectivity index (χ1) is 12.2. The number of unbranched alkanes of at least 4 members (excludes halogenated alkanes) is 2. The van der Waals surface area contributed by atoms with E-state index in [9.17, 15) is 18.0 Å². The minimum Gasteiger partial charge on any atom is -0.493 e. The highest BCUT2D eigenvalue weighted by molar-refractivity contribution is 5.97. The summed E-state index contributed by atoms with van der Waals surface area (Å²) in [6, 6.07) is 3.51. The summed E-state index contributed by atoms with van der Waals surface area (Å²) in [6.07, 6.45) is -1.31. The Morgan fingerprint density at radius 1 is 1.12 bits per heavy atom. The van der Waals surface area contributed by atoms with E-state index in [1.54, 1.807) is 20.8 Å². The first kappa shape index (κ1) is 22.3. The van der Waals surface area contributed by atoms with Gasteiger partial charge in [0, 0.05) is 12.3 Å². The van der Waals surface area contributed by atoms with Gasteiger partial charge in [-0.1, -0.05) is 26.2 Å². The van der Waals surface area contributed by atoms with Crippen LogP contribution in [-0.2, 0) is 15.7 Å². The van der Waals surface area contributed by atoms with Crippen LogP contribution in [-0.4, -0.2) is 24.7 Å². The van der Waals surface area contributed by atoms with Crippen molar-refractivity contribution in [3.05, 3.63) is 23.8 Å². The molecule has 0 unspecified atom stereocenters. The molecule has 0 aliphatic carbocycles. The van der Waals surface area contributed by atoms with E-state index in [-0.39, 0.29) is 18.0 Å². The molecule has 0 heterocycles. The minimum absolute atomic E-state index is 0.0622.